The van der Waals surface area contributed by atoms with Crippen LogP contribution in [0.25, 0.3) is 0 Å². The van der Waals surface area contributed by atoms with Crippen molar-refractivity contribution in [2.75, 3.05) is 6.54 Å². The van der Waals surface area contributed by atoms with E-state index < -0.39 is 5.41 Å². The van der Waals surface area contributed by atoms with Crippen molar-refractivity contribution in [3.05, 3.63) is 34.1 Å². The molecule has 0 spiro atoms. The van der Waals surface area contributed by atoms with E-state index in [4.69, 9.17) is 5.26 Å². The van der Waals surface area contributed by atoms with Crippen molar-refractivity contribution in [1.82, 2.24) is 5.32 Å². The van der Waals surface area contributed by atoms with Crippen LogP contribution >= 0.6 is 15.9 Å². The van der Waals surface area contributed by atoms with Crippen molar-refractivity contribution in [2.45, 2.75) is 20.4 Å². The van der Waals surface area contributed by atoms with Crippen LogP contribution in [-0.2, 0) is 6.54 Å². The molecule has 86 valence electrons. The number of nitrogens with zero attached hydrogens (tertiary/aromatic N) is 1. The Balaban J connectivity index is 2.56. The van der Waals surface area contributed by atoms with Crippen LogP contribution in [0.2, 0.25) is 0 Å². The Morgan fingerprint density at radius 3 is 2.81 bits per heavy atom. The van der Waals surface area contributed by atoms with Crippen molar-refractivity contribution in [3.63, 3.8) is 0 Å². The van der Waals surface area contributed by atoms with Crippen LogP contribution in [0.4, 0.5) is 4.39 Å². The number of nitrogens with one attached hydrogen (secondary N) is 1. The van der Waals surface area contributed by atoms with Gasteiger partial charge in [-0.15, -0.1) is 0 Å². The van der Waals surface area contributed by atoms with Gasteiger partial charge < -0.3 is 5.32 Å². The Hall–Kier alpha value is -0.920. The first-order valence-corrected chi connectivity index (χ1v) is 5.80. The Morgan fingerprint density at radius 2 is 2.19 bits per heavy atom. The van der Waals surface area contributed by atoms with Gasteiger partial charge in [-0.05, 0) is 37.6 Å². The summed E-state index contributed by atoms with van der Waals surface area (Å²) in [4.78, 5) is 0. The van der Waals surface area contributed by atoms with Crippen LogP contribution in [0.3, 0.4) is 0 Å². The highest BCUT2D eigenvalue weighted by Gasteiger charge is 2.15. The van der Waals surface area contributed by atoms with Gasteiger partial charge in [-0.25, -0.2) is 4.39 Å². The molecule has 0 aliphatic heterocycles. The fourth-order valence-corrected chi connectivity index (χ4v) is 1.61. The zero-order chi connectivity index (χ0) is 12.2. The summed E-state index contributed by atoms with van der Waals surface area (Å²) in [6, 6.07) is 6.78. The highest BCUT2D eigenvalue weighted by Crippen LogP contribution is 2.18. The lowest BCUT2D eigenvalue weighted by atomic mass is 9.96. The lowest BCUT2D eigenvalue weighted by molar-refractivity contribution is 0.444. The maximum Gasteiger partial charge on any atom is 0.123 e. The second-order valence-electron chi connectivity index (χ2n) is 4.33. The van der Waals surface area contributed by atoms with Crippen LogP contribution in [0.15, 0.2) is 22.7 Å². The largest absolute Gasteiger partial charge is 0.311 e. The third kappa shape index (κ3) is 3.92. The van der Waals surface area contributed by atoms with E-state index in [1.807, 2.05) is 13.8 Å². The van der Waals surface area contributed by atoms with Crippen LogP contribution in [0, 0.1) is 22.6 Å². The van der Waals surface area contributed by atoms with Crippen molar-refractivity contribution < 1.29 is 4.39 Å². The van der Waals surface area contributed by atoms with Gasteiger partial charge >= 0.3 is 0 Å². The second kappa shape index (κ2) is 5.42. The number of hydrogen-bond acceptors (Lipinski definition) is 2. The molecular formula is C12H14BrFN2. The first-order chi connectivity index (χ1) is 7.44. The summed E-state index contributed by atoms with van der Waals surface area (Å²) in [5.74, 6) is -0.250. The molecule has 0 heterocycles. The van der Waals surface area contributed by atoms with Crippen molar-refractivity contribution >= 4 is 15.9 Å². The predicted molar refractivity (Wildman–Crippen MR) is 65.2 cm³/mol. The lowest BCUT2D eigenvalue weighted by Crippen LogP contribution is -2.27. The third-order valence-corrected chi connectivity index (χ3v) is 2.97. The molecule has 2 nitrogen and oxygen atoms in total. The van der Waals surface area contributed by atoms with Crippen LogP contribution < -0.4 is 5.32 Å². The normalized spacial score (nSPS) is 11.2. The lowest BCUT2D eigenvalue weighted by Gasteiger charge is -2.16. The summed E-state index contributed by atoms with van der Waals surface area (Å²) in [6.45, 7) is 4.84. The molecule has 0 amide bonds. The Morgan fingerprint density at radius 1 is 1.50 bits per heavy atom. The Labute approximate surface area is 104 Å². The molecule has 0 aliphatic rings. The van der Waals surface area contributed by atoms with Gasteiger partial charge in [-0.3, -0.25) is 0 Å². The summed E-state index contributed by atoms with van der Waals surface area (Å²) in [7, 11) is 0. The van der Waals surface area contributed by atoms with Gasteiger partial charge in [0.15, 0.2) is 0 Å². The van der Waals surface area contributed by atoms with E-state index in [1.165, 1.54) is 12.1 Å². The minimum atomic E-state index is -0.403. The van der Waals surface area contributed by atoms with E-state index in [2.05, 4.69) is 27.3 Å². The van der Waals surface area contributed by atoms with Crippen LogP contribution in [0.5, 0.6) is 0 Å². The molecule has 4 heteroatoms. The molecule has 0 fully saturated rings. The van der Waals surface area contributed by atoms with Crippen molar-refractivity contribution in [2.24, 2.45) is 5.41 Å². The number of halogens is 2. The monoisotopic (exact) mass is 284 g/mol. The molecule has 1 aromatic rings. The number of rotatable bonds is 4. The molecule has 1 N–H and O–H groups in total. The van der Waals surface area contributed by atoms with Crippen LogP contribution in [-0.4, -0.2) is 6.54 Å². The highest BCUT2D eigenvalue weighted by atomic mass is 79.9. The summed E-state index contributed by atoms with van der Waals surface area (Å²) in [5, 5.41) is 12.0. The SMILES string of the molecule is CC(C)(C#N)CNCc1cc(F)ccc1Br. The van der Waals surface area contributed by atoms with Gasteiger partial charge in [0.05, 0.1) is 11.5 Å². The standard InChI is InChI=1S/C12H14BrFN2/c1-12(2,7-15)8-16-6-9-5-10(14)3-4-11(9)13/h3-5,16H,6,8H2,1-2H3. The molecule has 1 rings (SSSR count). The van der Waals surface area contributed by atoms with Gasteiger partial charge in [-0.2, -0.15) is 5.26 Å². The molecule has 0 bridgehead atoms. The second-order valence-corrected chi connectivity index (χ2v) is 5.19. The molecule has 0 unspecified atom stereocenters. The molecule has 0 radical (unpaired) electrons. The molecule has 16 heavy (non-hydrogen) atoms. The summed E-state index contributed by atoms with van der Waals surface area (Å²) in [6.07, 6.45) is 0. The van der Waals surface area contributed by atoms with E-state index in [0.29, 0.717) is 13.1 Å². The minimum Gasteiger partial charge on any atom is -0.311 e. The topological polar surface area (TPSA) is 35.8 Å². The van der Waals surface area contributed by atoms with E-state index in [9.17, 15) is 4.39 Å². The Bertz CT molecular complexity index is 410. The zero-order valence-electron chi connectivity index (χ0n) is 9.35. The quantitative estimate of drug-likeness (QED) is 0.922. The first kappa shape index (κ1) is 13.1. The highest BCUT2D eigenvalue weighted by molar-refractivity contribution is 9.10. The minimum absolute atomic E-state index is 0.250. The molecular weight excluding hydrogens is 271 g/mol. The number of hydrogen-bond donors (Lipinski definition) is 1. The van der Waals surface area contributed by atoms with E-state index in [1.54, 1.807) is 6.07 Å². The van der Waals surface area contributed by atoms with Gasteiger partial charge in [0.1, 0.15) is 5.82 Å². The maximum atomic E-state index is 13.0. The van der Waals surface area contributed by atoms with E-state index in [-0.39, 0.29) is 5.82 Å². The summed E-state index contributed by atoms with van der Waals surface area (Å²) >= 11 is 3.36. The molecule has 0 aromatic heterocycles. The van der Waals surface area contributed by atoms with E-state index in [0.717, 1.165) is 10.0 Å². The van der Waals surface area contributed by atoms with Crippen molar-refractivity contribution in [1.29, 1.82) is 5.26 Å². The molecule has 0 atom stereocenters. The van der Waals surface area contributed by atoms with E-state index >= 15 is 0 Å². The number of nitriles is 1. The van der Waals surface area contributed by atoms with Crippen molar-refractivity contribution in [3.8, 4) is 6.07 Å². The average molecular weight is 285 g/mol. The summed E-state index contributed by atoms with van der Waals surface area (Å²) < 4.78 is 13.8. The fraction of sp³-hybridized carbons (Fsp3) is 0.417. The number of benzene rings is 1. The zero-order valence-corrected chi connectivity index (χ0v) is 10.9. The maximum absolute atomic E-state index is 13.0. The third-order valence-electron chi connectivity index (χ3n) is 2.19. The molecule has 0 aliphatic carbocycles. The van der Waals surface area contributed by atoms with Crippen LogP contribution in [0.1, 0.15) is 19.4 Å². The van der Waals surface area contributed by atoms with Gasteiger partial charge in [-0.1, -0.05) is 15.9 Å². The van der Waals surface area contributed by atoms with Gasteiger partial charge in [0, 0.05) is 17.6 Å². The van der Waals surface area contributed by atoms with Gasteiger partial charge in [0.25, 0.3) is 0 Å². The summed E-state index contributed by atoms with van der Waals surface area (Å²) in [5.41, 5.74) is 0.452. The Kier molecular flexibility index (Phi) is 4.45. The molecule has 0 saturated heterocycles. The fourth-order valence-electron chi connectivity index (χ4n) is 1.23. The molecule has 1 aromatic carbocycles. The van der Waals surface area contributed by atoms with Gasteiger partial charge in [0.2, 0.25) is 0 Å². The molecule has 0 saturated carbocycles. The average Bonchev–Trinajstić information content (AvgIpc) is 2.23. The smallest absolute Gasteiger partial charge is 0.123 e. The predicted octanol–water partition coefficient (Wildman–Crippen LogP) is 3.23. The first-order valence-electron chi connectivity index (χ1n) is 5.00.